The van der Waals surface area contributed by atoms with Gasteiger partial charge in [-0.2, -0.15) is 0 Å². The van der Waals surface area contributed by atoms with E-state index < -0.39 is 0 Å². The smallest absolute Gasteiger partial charge is 0.231 e. The van der Waals surface area contributed by atoms with Gasteiger partial charge in [0.2, 0.25) is 5.91 Å². The number of hydrogen-bond acceptors (Lipinski definition) is 2. The van der Waals surface area contributed by atoms with Gasteiger partial charge in [-0.3, -0.25) is 14.5 Å². The zero-order valence-electron chi connectivity index (χ0n) is 19.4. The minimum atomic E-state index is -0.304. The molecule has 0 aliphatic carbocycles. The van der Waals surface area contributed by atoms with Crippen molar-refractivity contribution in [1.29, 1.82) is 0 Å². The Morgan fingerprint density at radius 2 is 1.09 bits per heavy atom. The second kappa shape index (κ2) is 11.2. The maximum absolute atomic E-state index is 13.7. The predicted octanol–water partition coefficient (Wildman–Crippen LogP) is 7.12. The molecule has 0 N–H and O–H groups in total. The molecule has 0 aliphatic heterocycles. The zero-order valence-corrected chi connectivity index (χ0v) is 19.4. The first kappa shape index (κ1) is 23.2. The average molecular weight is 448 g/mol. The third kappa shape index (κ3) is 5.68. The lowest BCUT2D eigenvalue weighted by Crippen LogP contribution is -2.32. The SMILES string of the molecule is CC(CC(=O)N(c1ccccc1)c1ccccc1)[C@H](Cc1ccccc1)C(=O)c1ccccc1. The van der Waals surface area contributed by atoms with Crippen molar-refractivity contribution in [2.24, 2.45) is 11.8 Å². The summed E-state index contributed by atoms with van der Waals surface area (Å²) in [4.78, 5) is 29.0. The predicted molar refractivity (Wildman–Crippen MR) is 138 cm³/mol. The van der Waals surface area contributed by atoms with Crippen molar-refractivity contribution in [2.75, 3.05) is 4.90 Å². The number of nitrogens with zero attached hydrogens (tertiary/aromatic N) is 1. The van der Waals surface area contributed by atoms with E-state index in [1.54, 1.807) is 4.90 Å². The van der Waals surface area contributed by atoms with Crippen molar-refractivity contribution in [3.8, 4) is 0 Å². The Morgan fingerprint density at radius 3 is 1.59 bits per heavy atom. The van der Waals surface area contributed by atoms with E-state index in [9.17, 15) is 9.59 Å². The maximum Gasteiger partial charge on any atom is 0.231 e. The lowest BCUT2D eigenvalue weighted by atomic mass is 9.80. The van der Waals surface area contributed by atoms with Crippen LogP contribution in [-0.4, -0.2) is 11.7 Å². The Morgan fingerprint density at radius 1 is 0.647 bits per heavy atom. The molecule has 4 aromatic rings. The molecule has 3 nitrogen and oxygen atoms in total. The molecule has 0 radical (unpaired) electrons. The highest BCUT2D eigenvalue weighted by Gasteiger charge is 2.30. The number of para-hydroxylation sites is 2. The Hall–Kier alpha value is -3.98. The van der Waals surface area contributed by atoms with E-state index in [1.807, 2.05) is 128 Å². The number of hydrogen-bond donors (Lipinski definition) is 0. The second-order valence-corrected chi connectivity index (χ2v) is 8.61. The van der Waals surface area contributed by atoms with Crippen molar-refractivity contribution >= 4 is 23.1 Å². The largest absolute Gasteiger partial charge is 0.294 e. The molecule has 34 heavy (non-hydrogen) atoms. The van der Waals surface area contributed by atoms with Crippen LogP contribution in [0, 0.1) is 11.8 Å². The number of amides is 1. The molecule has 0 aliphatic rings. The van der Waals surface area contributed by atoms with Gasteiger partial charge in [0, 0.05) is 29.3 Å². The van der Waals surface area contributed by atoms with E-state index >= 15 is 0 Å². The Kier molecular flexibility index (Phi) is 7.67. The number of carbonyl (C=O) groups is 2. The zero-order chi connectivity index (χ0) is 23.8. The molecule has 0 saturated heterocycles. The third-order valence-electron chi connectivity index (χ3n) is 6.16. The van der Waals surface area contributed by atoms with Gasteiger partial charge in [0.15, 0.2) is 5.78 Å². The molecule has 170 valence electrons. The second-order valence-electron chi connectivity index (χ2n) is 8.61. The lowest BCUT2D eigenvalue weighted by Gasteiger charge is -2.27. The van der Waals surface area contributed by atoms with E-state index in [0.717, 1.165) is 16.9 Å². The summed E-state index contributed by atoms with van der Waals surface area (Å²) in [5.74, 6) is -0.392. The molecule has 4 rings (SSSR count). The Labute approximate surface area is 201 Å². The van der Waals surface area contributed by atoms with Gasteiger partial charge < -0.3 is 0 Å². The number of anilines is 2. The highest BCUT2D eigenvalue weighted by Crippen LogP contribution is 2.30. The van der Waals surface area contributed by atoms with Crippen molar-refractivity contribution < 1.29 is 9.59 Å². The topological polar surface area (TPSA) is 37.4 Å². The molecule has 0 heterocycles. The van der Waals surface area contributed by atoms with E-state index in [-0.39, 0.29) is 29.9 Å². The van der Waals surface area contributed by atoms with Crippen LogP contribution in [0.1, 0.15) is 29.3 Å². The molecule has 0 fully saturated rings. The maximum atomic E-state index is 13.7. The van der Waals surface area contributed by atoms with Crippen LogP contribution in [0.5, 0.6) is 0 Å². The lowest BCUT2D eigenvalue weighted by molar-refractivity contribution is -0.118. The number of benzene rings is 4. The summed E-state index contributed by atoms with van der Waals surface area (Å²) < 4.78 is 0. The molecule has 1 amide bonds. The molecule has 1 unspecified atom stereocenters. The van der Waals surface area contributed by atoms with Gasteiger partial charge in [-0.15, -0.1) is 0 Å². The molecular formula is C31H29NO2. The van der Waals surface area contributed by atoms with Gasteiger partial charge in [-0.05, 0) is 42.2 Å². The van der Waals surface area contributed by atoms with Crippen LogP contribution in [0.15, 0.2) is 121 Å². The van der Waals surface area contributed by atoms with Crippen LogP contribution in [0.2, 0.25) is 0 Å². The monoisotopic (exact) mass is 447 g/mol. The minimum Gasteiger partial charge on any atom is -0.294 e. The molecule has 0 spiro atoms. The Balaban J connectivity index is 1.62. The van der Waals surface area contributed by atoms with Gasteiger partial charge in [0.25, 0.3) is 0 Å². The quantitative estimate of drug-likeness (QED) is 0.256. The van der Waals surface area contributed by atoms with Gasteiger partial charge in [0.05, 0.1) is 0 Å². The van der Waals surface area contributed by atoms with Gasteiger partial charge in [0.1, 0.15) is 0 Å². The summed E-state index contributed by atoms with van der Waals surface area (Å²) in [5, 5.41) is 0. The van der Waals surface area contributed by atoms with Crippen LogP contribution in [-0.2, 0) is 11.2 Å². The first-order valence-corrected chi connectivity index (χ1v) is 11.7. The van der Waals surface area contributed by atoms with Crippen molar-refractivity contribution in [3.05, 3.63) is 132 Å². The van der Waals surface area contributed by atoms with Crippen molar-refractivity contribution in [1.82, 2.24) is 0 Å². The summed E-state index contributed by atoms with van der Waals surface area (Å²) in [6.45, 7) is 2.01. The normalized spacial score (nSPS) is 12.5. The summed E-state index contributed by atoms with van der Waals surface area (Å²) in [6.07, 6.45) is 0.861. The fourth-order valence-electron chi connectivity index (χ4n) is 4.34. The molecule has 0 saturated carbocycles. The van der Waals surface area contributed by atoms with Crippen molar-refractivity contribution in [2.45, 2.75) is 19.8 Å². The average Bonchev–Trinajstić information content (AvgIpc) is 2.89. The van der Waals surface area contributed by atoms with E-state index in [4.69, 9.17) is 0 Å². The Bertz CT molecular complexity index is 1150. The van der Waals surface area contributed by atoms with E-state index in [1.165, 1.54) is 0 Å². The summed E-state index contributed by atoms with van der Waals surface area (Å²) >= 11 is 0. The van der Waals surface area contributed by atoms with Crippen LogP contribution in [0.3, 0.4) is 0 Å². The fraction of sp³-hybridized carbons (Fsp3) is 0.161. The molecule has 0 bridgehead atoms. The van der Waals surface area contributed by atoms with Gasteiger partial charge >= 0.3 is 0 Å². The highest BCUT2D eigenvalue weighted by molar-refractivity contribution is 6.02. The standard InChI is InChI=1S/C31H29NO2/c1-24(22-30(33)32(27-18-10-4-11-19-27)28-20-12-5-13-21-28)29(23-25-14-6-2-7-15-25)31(34)26-16-8-3-9-17-26/h2-21,24,29H,22-23H2,1H3/t24?,29-/m0/s1. The van der Waals surface area contributed by atoms with Crippen LogP contribution < -0.4 is 4.90 Å². The number of ketones is 1. The molecule has 0 aromatic heterocycles. The fourth-order valence-corrected chi connectivity index (χ4v) is 4.34. The van der Waals surface area contributed by atoms with E-state index in [2.05, 4.69) is 0 Å². The van der Waals surface area contributed by atoms with Gasteiger partial charge in [-0.25, -0.2) is 0 Å². The molecule has 3 heteroatoms. The first-order chi connectivity index (χ1) is 16.6. The van der Waals surface area contributed by atoms with Crippen LogP contribution in [0.25, 0.3) is 0 Å². The number of Topliss-reactive ketones (excluding diaryl/α,β-unsaturated/α-hetero) is 1. The highest BCUT2D eigenvalue weighted by atomic mass is 16.2. The van der Waals surface area contributed by atoms with Gasteiger partial charge in [-0.1, -0.05) is 104 Å². The van der Waals surface area contributed by atoms with Crippen LogP contribution >= 0.6 is 0 Å². The van der Waals surface area contributed by atoms with E-state index in [0.29, 0.717) is 12.0 Å². The summed E-state index contributed by atoms with van der Waals surface area (Å²) in [6, 6.07) is 38.8. The molecule has 4 aromatic carbocycles. The summed E-state index contributed by atoms with van der Waals surface area (Å²) in [5.41, 5.74) is 3.42. The minimum absolute atomic E-state index is 0.0242. The number of rotatable bonds is 9. The third-order valence-corrected chi connectivity index (χ3v) is 6.16. The van der Waals surface area contributed by atoms with Crippen molar-refractivity contribution in [3.63, 3.8) is 0 Å². The molecule has 2 atom stereocenters. The number of carbonyl (C=O) groups excluding carboxylic acids is 2. The summed E-state index contributed by atoms with van der Waals surface area (Å²) in [7, 11) is 0. The first-order valence-electron chi connectivity index (χ1n) is 11.7. The van der Waals surface area contributed by atoms with Crippen LogP contribution in [0.4, 0.5) is 11.4 Å². The molecular weight excluding hydrogens is 418 g/mol.